The van der Waals surface area contributed by atoms with E-state index < -0.39 is 15.5 Å². The van der Waals surface area contributed by atoms with E-state index in [1.165, 1.54) is 12.1 Å². The average Bonchev–Trinajstić information content (AvgIpc) is 2.65. The molecule has 0 aliphatic heterocycles. The van der Waals surface area contributed by atoms with Crippen LogP contribution in [0.1, 0.15) is 24.8 Å². The van der Waals surface area contributed by atoms with E-state index in [1.807, 2.05) is 30.3 Å². The zero-order valence-electron chi connectivity index (χ0n) is 13.8. The molecule has 0 heterocycles. The van der Waals surface area contributed by atoms with E-state index in [0.29, 0.717) is 12.3 Å². The molecule has 8 nitrogen and oxygen atoms in total. The van der Waals surface area contributed by atoms with Gasteiger partial charge < -0.3 is 0 Å². The van der Waals surface area contributed by atoms with Gasteiger partial charge in [0.1, 0.15) is 5.69 Å². The van der Waals surface area contributed by atoms with Crippen LogP contribution in [0.3, 0.4) is 0 Å². The third kappa shape index (κ3) is 5.25. The maximum absolute atomic E-state index is 11.2. The number of hydrogen-bond acceptors (Lipinski definition) is 6. The molecule has 0 atom stereocenters. The van der Waals surface area contributed by atoms with Crippen LogP contribution in [0.25, 0.3) is 0 Å². The molecule has 0 radical (unpaired) electrons. The van der Waals surface area contributed by atoms with Crippen LogP contribution in [-0.2, 0) is 0 Å². The molecule has 0 fully saturated rings. The molecule has 2 aromatic rings. The van der Waals surface area contributed by atoms with Crippen LogP contribution in [0.4, 0.5) is 17.1 Å². The van der Waals surface area contributed by atoms with E-state index in [2.05, 4.69) is 10.5 Å². The summed E-state index contributed by atoms with van der Waals surface area (Å²) in [6, 6.07) is 12.8. The Bertz CT molecular complexity index is 812. The predicted octanol–water partition coefficient (Wildman–Crippen LogP) is 4.73. The summed E-state index contributed by atoms with van der Waals surface area (Å²) >= 11 is 5.71. The minimum atomic E-state index is -0.680. The fraction of sp³-hybridized carbons (Fsp3) is 0.235. The van der Waals surface area contributed by atoms with E-state index in [9.17, 15) is 20.2 Å². The van der Waals surface area contributed by atoms with Crippen molar-refractivity contribution >= 4 is 34.4 Å². The van der Waals surface area contributed by atoms with Gasteiger partial charge >= 0.3 is 5.69 Å². The number of nitrogens with zero attached hydrogens (tertiary/aromatic N) is 3. The van der Waals surface area contributed by atoms with Crippen LogP contribution in [0.5, 0.6) is 0 Å². The summed E-state index contributed by atoms with van der Waals surface area (Å²) in [6.07, 6.45) is 2.29. The van der Waals surface area contributed by atoms with E-state index in [0.717, 1.165) is 30.2 Å². The first-order chi connectivity index (χ1) is 12.5. The lowest BCUT2D eigenvalue weighted by Gasteiger charge is -2.08. The van der Waals surface area contributed by atoms with Crippen molar-refractivity contribution in [2.45, 2.75) is 19.3 Å². The number of unbranched alkanes of at least 4 members (excludes halogenated alkanes) is 1. The number of hydrazone groups is 1. The molecule has 0 spiro atoms. The molecule has 0 aliphatic carbocycles. The van der Waals surface area contributed by atoms with Crippen molar-refractivity contribution in [1.82, 2.24) is 0 Å². The van der Waals surface area contributed by atoms with Crippen molar-refractivity contribution in [1.29, 1.82) is 0 Å². The Morgan fingerprint density at radius 2 is 1.77 bits per heavy atom. The number of anilines is 1. The first kappa shape index (κ1) is 19.3. The van der Waals surface area contributed by atoms with Gasteiger partial charge in [-0.15, -0.1) is 11.6 Å². The van der Waals surface area contributed by atoms with Gasteiger partial charge in [0.25, 0.3) is 5.69 Å². The number of halogens is 1. The Labute approximate surface area is 154 Å². The number of alkyl halides is 1. The van der Waals surface area contributed by atoms with Crippen LogP contribution < -0.4 is 5.43 Å². The van der Waals surface area contributed by atoms with Crippen LogP contribution in [0.2, 0.25) is 0 Å². The zero-order chi connectivity index (χ0) is 18.9. The highest BCUT2D eigenvalue weighted by atomic mass is 35.5. The predicted molar refractivity (Wildman–Crippen MR) is 101 cm³/mol. The molecule has 1 N–H and O–H groups in total. The molecule has 2 aromatic carbocycles. The molecule has 0 aliphatic rings. The molecular formula is C17H17ClN4O4. The van der Waals surface area contributed by atoms with Gasteiger partial charge in [-0.05, 0) is 30.9 Å². The van der Waals surface area contributed by atoms with Crippen molar-refractivity contribution in [3.05, 3.63) is 74.3 Å². The third-order valence-electron chi connectivity index (χ3n) is 3.60. The lowest BCUT2D eigenvalue weighted by atomic mass is 10.1. The molecule has 0 aromatic heterocycles. The normalized spacial score (nSPS) is 11.2. The molecule has 2 rings (SSSR count). The summed E-state index contributed by atoms with van der Waals surface area (Å²) in [4.78, 5) is 20.7. The van der Waals surface area contributed by atoms with Crippen LogP contribution in [-0.4, -0.2) is 21.4 Å². The molecule has 0 amide bonds. The third-order valence-corrected chi connectivity index (χ3v) is 3.87. The topological polar surface area (TPSA) is 111 Å². The lowest BCUT2D eigenvalue weighted by Crippen LogP contribution is -2.06. The summed E-state index contributed by atoms with van der Waals surface area (Å²) in [6.45, 7) is 0. The summed E-state index contributed by atoms with van der Waals surface area (Å²) in [5.74, 6) is 0.545. The Balaban J connectivity index is 2.30. The smallest absolute Gasteiger partial charge is 0.271 e. The Kier molecular flexibility index (Phi) is 7.04. The second-order valence-corrected chi connectivity index (χ2v) is 5.78. The number of nitrogens with one attached hydrogen (secondary N) is 1. The van der Waals surface area contributed by atoms with E-state index in [-0.39, 0.29) is 11.4 Å². The van der Waals surface area contributed by atoms with Crippen molar-refractivity contribution < 1.29 is 9.85 Å². The SMILES string of the molecule is O=[N+]([O-])c1ccc(N/N=C(\CCCCCl)c2ccccc2)c([N+](=O)[O-])c1. The van der Waals surface area contributed by atoms with Gasteiger partial charge in [0, 0.05) is 11.9 Å². The highest BCUT2D eigenvalue weighted by molar-refractivity contribution is 6.17. The summed E-state index contributed by atoms with van der Waals surface area (Å²) in [5.41, 5.74) is 3.62. The second kappa shape index (κ2) is 9.47. The number of nitro groups is 2. The van der Waals surface area contributed by atoms with Crippen molar-refractivity contribution in [2.75, 3.05) is 11.3 Å². The maximum Gasteiger partial charge on any atom is 0.301 e. The van der Waals surface area contributed by atoms with E-state index >= 15 is 0 Å². The molecule has 0 bridgehead atoms. The quantitative estimate of drug-likeness (QED) is 0.223. The average molecular weight is 377 g/mol. The Hall–Kier alpha value is -3.00. The largest absolute Gasteiger partial charge is 0.301 e. The van der Waals surface area contributed by atoms with Gasteiger partial charge in [0.05, 0.1) is 21.6 Å². The number of nitro benzene ring substituents is 2. The maximum atomic E-state index is 11.2. The number of hydrogen-bond donors (Lipinski definition) is 1. The Morgan fingerprint density at radius 3 is 2.38 bits per heavy atom. The standard InChI is InChI=1S/C17H17ClN4O4/c18-11-5-4-8-15(13-6-2-1-3-7-13)19-20-16-10-9-14(21(23)24)12-17(16)22(25)26/h1-3,6-7,9-10,12,20H,4-5,8,11H2/b19-15+. The van der Waals surface area contributed by atoms with Gasteiger partial charge in [-0.3, -0.25) is 25.7 Å². The van der Waals surface area contributed by atoms with Gasteiger partial charge in [-0.2, -0.15) is 5.10 Å². The van der Waals surface area contributed by atoms with Gasteiger partial charge in [0.15, 0.2) is 0 Å². The molecule has 9 heteroatoms. The summed E-state index contributed by atoms with van der Waals surface area (Å²) < 4.78 is 0. The number of rotatable bonds is 9. The van der Waals surface area contributed by atoms with Gasteiger partial charge in [-0.1, -0.05) is 30.3 Å². The van der Waals surface area contributed by atoms with E-state index in [1.54, 1.807) is 0 Å². The first-order valence-corrected chi connectivity index (χ1v) is 8.43. The molecule has 0 saturated heterocycles. The molecule has 0 saturated carbocycles. The van der Waals surface area contributed by atoms with Crippen molar-refractivity contribution in [3.63, 3.8) is 0 Å². The minimum absolute atomic E-state index is 0.0892. The number of non-ortho nitro benzene ring substituents is 1. The lowest BCUT2D eigenvalue weighted by molar-refractivity contribution is -0.393. The van der Waals surface area contributed by atoms with Crippen LogP contribution >= 0.6 is 11.6 Å². The monoisotopic (exact) mass is 376 g/mol. The van der Waals surface area contributed by atoms with Crippen molar-refractivity contribution in [3.8, 4) is 0 Å². The highest BCUT2D eigenvalue weighted by Crippen LogP contribution is 2.29. The second-order valence-electron chi connectivity index (χ2n) is 5.40. The summed E-state index contributed by atoms with van der Waals surface area (Å²) in [7, 11) is 0. The van der Waals surface area contributed by atoms with Crippen LogP contribution in [0, 0.1) is 20.2 Å². The Morgan fingerprint density at radius 1 is 1.04 bits per heavy atom. The van der Waals surface area contributed by atoms with Crippen molar-refractivity contribution in [2.24, 2.45) is 5.10 Å². The highest BCUT2D eigenvalue weighted by Gasteiger charge is 2.19. The van der Waals surface area contributed by atoms with E-state index in [4.69, 9.17) is 11.6 Å². The first-order valence-electron chi connectivity index (χ1n) is 7.89. The number of benzene rings is 2. The van der Waals surface area contributed by atoms with Crippen LogP contribution in [0.15, 0.2) is 53.6 Å². The minimum Gasteiger partial charge on any atom is -0.271 e. The molecule has 26 heavy (non-hydrogen) atoms. The molecule has 0 unspecified atom stereocenters. The fourth-order valence-corrected chi connectivity index (χ4v) is 2.48. The molecular weight excluding hydrogens is 360 g/mol. The zero-order valence-corrected chi connectivity index (χ0v) is 14.6. The van der Waals surface area contributed by atoms with Gasteiger partial charge in [-0.25, -0.2) is 0 Å². The summed E-state index contributed by atoms with van der Waals surface area (Å²) in [5, 5.41) is 26.3. The fourth-order valence-electron chi connectivity index (χ4n) is 2.29. The van der Waals surface area contributed by atoms with Gasteiger partial charge in [0.2, 0.25) is 0 Å². The molecule has 136 valence electrons.